The smallest absolute Gasteiger partial charge is 0.319 e. The van der Waals surface area contributed by atoms with E-state index in [-0.39, 0.29) is 27.8 Å². The molecular formula is C11H11Cl2FN2O. The van der Waals surface area contributed by atoms with E-state index in [9.17, 15) is 9.18 Å². The quantitative estimate of drug-likeness (QED) is 0.848. The Bertz CT molecular complexity index is 426. The Labute approximate surface area is 108 Å². The summed E-state index contributed by atoms with van der Waals surface area (Å²) in [7, 11) is 0. The minimum Gasteiger partial charge on any atom is -0.335 e. The number of hydrogen-bond acceptors (Lipinski definition) is 1. The van der Waals surface area contributed by atoms with Gasteiger partial charge in [0.2, 0.25) is 0 Å². The summed E-state index contributed by atoms with van der Waals surface area (Å²) >= 11 is 11.6. The van der Waals surface area contributed by atoms with Crippen LogP contribution in [-0.2, 0) is 0 Å². The third-order valence-electron chi connectivity index (χ3n) is 2.69. The summed E-state index contributed by atoms with van der Waals surface area (Å²) in [6.45, 7) is 0. The lowest BCUT2D eigenvalue weighted by molar-refractivity contribution is 0.240. The number of carbonyl (C=O) groups excluding carboxylic acids is 1. The molecule has 1 aliphatic carbocycles. The third kappa shape index (κ3) is 3.01. The van der Waals surface area contributed by atoms with Crippen molar-refractivity contribution in [3.63, 3.8) is 0 Å². The molecule has 0 bridgehead atoms. The molecule has 2 amide bonds. The van der Waals surface area contributed by atoms with E-state index in [1.54, 1.807) is 0 Å². The zero-order valence-electron chi connectivity index (χ0n) is 8.90. The fourth-order valence-corrected chi connectivity index (χ4v) is 2.10. The van der Waals surface area contributed by atoms with Gasteiger partial charge in [0.25, 0.3) is 0 Å². The molecule has 6 heteroatoms. The largest absolute Gasteiger partial charge is 0.335 e. The standard InChI is InChI=1S/C11H11Cl2FN2O/c12-8-4-6(14)5-9(13)10(8)16-11(17)15-7-2-1-3-7/h4-5,7H,1-3H2,(H2,15,16,17). The molecule has 1 aromatic carbocycles. The lowest BCUT2D eigenvalue weighted by Crippen LogP contribution is -2.41. The van der Waals surface area contributed by atoms with Crippen LogP contribution in [0.15, 0.2) is 12.1 Å². The van der Waals surface area contributed by atoms with Crippen molar-refractivity contribution >= 4 is 34.9 Å². The fraction of sp³-hybridized carbons (Fsp3) is 0.364. The topological polar surface area (TPSA) is 41.1 Å². The van der Waals surface area contributed by atoms with Gasteiger partial charge in [0, 0.05) is 6.04 Å². The van der Waals surface area contributed by atoms with Gasteiger partial charge in [-0.3, -0.25) is 0 Å². The Hall–Kier alpha value is -1.00. The SMILES string of the molecule is O=C(Nc1c(Cl)cc(F)cc1Cl)NC1CCC1. The molecule has 1 aromatic rings. The first kappa shape index (κ1) is 12.5. The highest BCUT2D eigenvalue weighted by molar-refractivity contribution is 6.39. The van der Waals surface area contributed by atoms with Crippen LogP contribution in [0.4, 0.5) is 14.9 Å². The van der Waals surface area contributed by atoms with Crippen molar-refractivity contribution in [3.05, 3.63) is 28.0 Å². The molecule has 0 atom stereocenters. The van der Waals surface area contributed by atoms with Crippen LogP contribution in [0.25, 0.3) is 0 Å². The first-order chi connectivity index (χ1) is 8.06. The predicted octanol–water partition coefficient (Wildman–Crippen LogP) is 3.81. The van der Waals surface area contributed by atoms with E-state index in [2.05, 4.69) is 10.6 Å². The Morgan fingerprint density at radius 2 is 1.88 bits per heavy atom. The second-order valence-electron chi connectivity index (χ2n) is 3.97. The molecule has 0 spiro atoms. The number of hydrogen-bond donors (Lipinski definition) is 2. The number of amides is 2. The summed E-state index contributed by atoms with van der Waals surface area (Å²) in [4.78, 5) is 11.6. The Kier molecular flexibility index (Phi) is 3.74. The Balaban J connectivity index is 2.04. The van der Waals surface area contributed by atoms with Gasteiger partial charge in [0.15, 0.2) is 0 Å². The predicted molar refractivity (Wildman–Crippen MR) is 66.2 cm³/mol. The van der Waals surface area contributed by atoms with E-state index < -0.39 is 5.82 Å². The number of benzene rings is 1. The Morgan fingerprint density at radius 1 is 1.29 bits per heavy atom. The molecule has 0 unspecified atom stereocenters. The number of carbonyl (C=O) groups is 1. The second kappa shape index (κ2) is 5.10. The van der Waals surface area contributed by atoms with Crippen LogP contribution in [0.3, 0.4) is 0 Å². The minimum absolute atomic E-state index is 0.0822. The summed E-state index contributed by atoms with van der Waals surface area (Å²) in [6.07, 6.45) is 3.10. The van der Waals surface area contributed by atoms with E-state index in [4.69, 9.17) is 23.2 Å². The highest BCUT2D eigenvalue weighted by atomic mass is 35.5. The van der Waals surface area contributed by atoms with Crippen LogP contribution < -0.4 is 10.6 Å². The van der Waals surface area contributed by atoms with Gasteiger partial charge in [-0.25, -0.2) is 9.18 Å². The molecule has 17 heavy (non-hydrogen) atoms. The zero-order chi connectivity index (χ0) is 12.4. The molecule has 3 nitrogen and oxygen atoms in total. The average molecular weight is 277 g/mol. The summed E-state index contributed by atoms with van der Waals surface area (Å²) < 4.78 is 12.9. The molecule has 0 saturated heterocycles. The fourth-order valence-electron chi connectivity index (χ4n) is 1.55. The molecular weight excluding hydrogens is 266 g/mol. The van der Waals surface area contributed by atoms with Crippen LogP contribution in [0, 0.1) is 5.82 Å². The summed E-state index contributed by atoms with van der Waals surface area (Å²) in [5, 5.41) is 5.46. The lowest BCUT2D eigenvalue weighted by Gasteiger charge is -2.26. The highest BCUT2D eigenvalue weighted by Crippen LogP contribution is 2.31. The second-order valence-corrected chi connectivity index (χ2v) is 4.79. The van der Waals surface area contributed by atoms with Crippen LogP contribution in [-0.4, -0.2) is 12.1 Å². The van der Waals surface area contributed by atoms with Crippen molar-refractivity contribution < 1.29 is 9.18 Å². The van der Waals surface area contributed by atoms with E-state index in [0.717, 1.165) is 31.4 Å². The molecule has 2 N–H and O–H groups in total. The van der Waals surface area contributed by atoms with Gasteiger partial charge in [-0.05, 0) is 31.4 Å². The highest BCUT2D eigenvalue weighted by Gasteiger charge is 2.20. The summed E-state index contributed by atoms with van der Waals surface area (Å²) in [5.74, 6) is -0.537. The van der Waals surface area contributed by atoms with Gasteiger partial charge in [0.1, 0.15) is 5.82 Å². The maximum absolute atomic E-state index is 12.9. The average Bonchev–Trinajstić information content (AvgIpc) is 2.17. The molecule has 0 aliphatic heterocycles. The summed E-state index contributed by atoms with van der Waals surface area (Å²) in [6, 6.07) is 2.05. The first-order valence-corrected chi connectivity index (χ1v) is 6.04. The van der Waals surface area contributed by atoms with Crippen LogP contribution in [0.2, 0.25) is 10.0 Å². The van der Waals surface area contributed by atoms with E-state index in [1.807, 2.05) is 0 Å². The van der Waals surface area contributed by atoms with Crippen molar-refractivity contribution in [2.45, 2.75) is 25.3 Å². The first-order valence-electron chi connectivity index (χ1n) is 5.28. The Morgan fingerprint density at radius 3 is 2.35 bits per heavy atom. The van der Waals surface area contributed by atoms with Crippen LogP contribution in [0.5, 0.6) is 0 Å². The number of halogens is 3. The van der Waals surface area contributed by atoms with Crippen LogP contribution >= 0.6 is 23.2 Å². The van der Waals surface area contributed by atoms with Gasteiger partial charge in [-0.2, -0.15) is 0 Å². The van der Waals surface area contributed by atoms with Gasteiger partial charge >= 0.3 is 6.03 Å². The number of rotatable bonds is 2. The summed E-state index contributed by atoms with van der Waals surface area (Å²) in [5.41, 5.74) is 0.228. The van der Waals surface area contributed by atoms with Crippen molar-refractivity contribution in [1.29, 1.82) is 0 Å². The van der Waals surface area contributed by atoms with E-state index in [1.165, 1.54) is 0 Å². The van der Waals surface area contributed by atoms with E-state index >= 15 is 0 Å². The molecule has 2 rings (SSSR count). The number of anilines is 1. The maximum Gasteiger partial charge on any atom is 0.319 e. The maximum atomic E-state index is 12.9. The molecule has 0 heterocycles. The molecule has 1 saturated carbocycles. The zero-order valence-corrected chi connectivity index (χ0v) is 10.4. The number of nitrogens with one attached hydrogen (secondary N) is 2. The van der Waals surface area contributed by atoms with Gasteiger partial charge in [0.05, 0.1) is 15.7 Å². The molecule has 0 aromatic heterocycles. The third-order valence-corrected chi connectivity index (χ3v) is 3.28. The molecule has 1 aliphatic rings. The van der Waals surface area contributed by atoms with Crippen molar-refractivity contribution in [2.24, 2.45) is 0 Å². The van der Waals surface area contributed by atoms with Gasteiger partial charge < -0.3 is 10.6 Å². The monoisotopic (exact) mass is 276 g/mol. The molecule has 0 radical (unpaired) electrons. The van der Waals surface area contributed by atoms with Gasteiger partial charge in [-0.15, -0.1) is 0 Å². The lowest BCUT2D eigenvalue weighted by atomic mass is 9.93. The van der Waals surface area contributed by atoms with Crippen LogP contribution in [0.1, 0.15) is 19.3 Å². The van der Waals surface area contributed by atoms with E-state index in [0.29, 0.717) is 0 Å². The number of urea groups is 1. The van der Waals surface area contributed by atoms with Gasteiger partial charge in [-0.1, -0.05) is 23.2 Å². The van der Waals surface area contributed by atoms with Crippen molar-refractivity contribution in [3.8, 4) is 0 Å². The minimum atomic E-state index is -0.537. The van der Waals surface area contributed by atoms with Crippen molar-refractivity contribution in [2.75, 3.05) is 5.32 Å². The molecule has 1 fully saturated rings. The van der Waals surface area contributed by atoms with Crippen molar-refractivity contribution in [1.82, 2.24) is 5.32 Å². The normalized spacial score (nSPS) is 15.2. The molecule has 92 valence electrons.